The van der Waals surface area contributed by atoms with E-state index in [0.29, 0.717) is 12.5 Å². The second-order valence-electron chi connectivity index (χ2n) is 4.59. The Labute approximate surface area is 101 Å². The van der Waals surface area contributed by atoms with Crippen LogP contribution in [-0.2, 0) is 0 Å². The van der Waals surface area contributed by atoms with Gasteiger partial charge < -0.3 is 5.32 Å². The van der Waals surface area contributed by atoms with Crippen LogP contribution in [0, 0.1) is 23.4 Å². The molecule has 0 amide bonds. The first kappa shape index (κ1) is 13.1. The van der Waals surface area contributed by atoms with Gasteiger partial charge in [0.1, 0.15) is 5.82 Å². The molecular weight excluding hydrogens is 253 g/mol. The third-order valence-electron chi connectivity index (χ3n) is 3.08. The van der Waals surface area contributed by atoms with Crippen molar-refractivity contribution in [3.05, 3.63) is 29.6 Å². The third kappa shape index (κ3) is 2.91. The lowest BCUT2D eigenvalue weighted by Crippen LogP contribution is -2.16. The van der Waals surface area contributed by atoms with E-state index in [0.717, 1.165) is 6.07 Å². The molecule has 1 unspecified atom stereocenters. The van der Waals surface area contributed by atoms with Gasteiger partial charge in [-0.1, -0.05) is 0 Å². The Hall–Kier alpha value is -1.33. The fourth-order valence-corrected chi connectivity index (χ4v) is 2.15. The number of alkyl halides is 2. The molecule has 0 aliphatic heterocycles. The summed E-state index contributed by atoms with van der Waals surface area (Å²) in [4.78, 5) is 0. The summed E-state index contributed by atoms with van der Waals surface area (Å²) in [5, 5.41) is 2.49. The van der Waals surface area contributed by atoms with Gasteiger partial charge in [-0.05, 0) is 12.3 Å². The van der Waals surface area contributed by atoms with Crippen molar-refractivity contribution >= 4 is 5.69 Å². The zero-order valence-electron chi connectivity index (χ0n) is 9.45. The van der Waals surface area contributed by atoms with E-state index in [2.05, 4.69) is 5.32 Å². The Kier molecular flexibility index (Phi) is 3.45. The molecule has 1 fully saturated rings. The van der Waals surface area contributed by atoms with Crippen LogP contribution in [0.5, 0.6) is 0 Å². The van der Waals surface area contributed by atoms with E-state index in [1.54, 1.807) is 0 Å². The molecule has 0 bridgehead atoms. The molecule has 1 aliphatic carbocycles. The second kappa shape index (κ2) is 4.74. The third-order valence-corrected chi connectivity index (χ3v) is 3.08. The molecule has 1 saturated carbocycles. The number of anilines is 1. The van der Waals surface area contributed by atoms with Crippen molar-refractivity contribution in [3.63, 3.8) is 0 Å². The summed E-state index contributed by atoms with van der Waals surface area (Å²) in [5.74, 6) is -6.40. The van der Waals surface area contributed by atoms with E-state index in [1.165, 1.54) is 0 Å². The standard InChI is InChI=1S/C12H12F5N/c13-8-3-9(14)11(15)10(4-8)18-6-7-1-2-12(16,17)5-7/h3-4,7,18H,1-2,5-6H2. The van der Waals surface area contributed by atoms with Gasteiger partial charge in [0.05, 0.1) is 5.69 Å². The number of hydrogen-bond donors (Lipinski definition) is 1. The SMILES string of the molecule is Fc1cc(F)c(F)c(NCC2CCC(F)(F)C2)c1. The van der Waals surface area contributed by atoms with Crippen LogP contribution in [0.1, 0.15) is 19.3 Å². The molecule has 6 heteroatoms. The van der Waals surface area contributed by atoms with Gasteiger partial charge in [-0.2, -0.15) is 0 Å². The predicted molar refractivity (Wildman–Crippen MR) is 57.1 cm³/mol. The Morgan fingerprint density at radius 3 is 2.56 bits per heavy atom. The summed E-state index contributed by atoms with van der Waals surface area (Å²) in [7, 11) is 0. The molecule has 0 spiro atoms. The van der Waals surface area contributed by atoms with Crippen molar-refractivity contribution < 1.29 is 22.0 Å². The van der Waals surface area contributed by atoms with Crippen LogP contribution >= 0.6 is 0 Å². The quantitative estimate of drug-likeness (QED) is 0.644. The van der Waals surface area contributed by atoms with Gasteiger partial charge in [0.25, 0.3) is 0 Å². The van der Waals surface area contributed by atoms with E-state index in [-0.39, 0.29) is 31.0 Å². The van der Waals surface area contributed by atoms with Gasteiger partial charge in [-0.25, -0.2) is 22.0 Å². The highest BCUT2D eigenvalue weighted by Crippen LogP contribution is 2.38. The maximum Gasteiger partial charge on any atom is 0.248 e. The monoisotopic (exact) mass is 265 g/mol. The van der Waals surface area contributed by atoms with Gasteiger partial charge in [0, 0.05) is 31.5 Å². The lowest BCUT2D eigenvalue weighted by Gasteiger charge is -2.13. The molecule has 1 aliphatic rings. The maximum absolute atomic E-state index is 13.3. The zero-order chi connectivity index (χ0) is 13.3. The molecule has 0 heterocycles. The maximum atomic E-state index is 13.3. The van der Waals surface area contributed by atoms with Gasteiger partial charge in [-0.15, -0.1) is 0 Å². The largest absolute Gasteiger partial charge is 0.382 e. The minimum Gasteiger partial charge on any atom is -0.382 e. The van der Waals surface area contributed by atoms with Crippen molar-refractivity contribution in [2.24, 2.45) is 5.92 Å². The van der Waals surface area contributed by atoms with Gasteiger partial charge in [0.15, 0.2) is 11.6 Å². The first-order valence-corrected chi connectivity index (χ1v) is 5.64. The van der Waals surface area contributed by atoms with Crippen LogP contribution in [0.25, 0.3) is 0 Å². The van der Waals surface area contributed by atoms with E-state index in [1.807, 2.05) is 0 Å². The molecule has 18 heavy (non-hydrogen) atoms. The van der Waals surface area contributed by atoms with Crippen molar-refractivity contribution in [2.45, 2.75) is 25.2 Å². The smallest absolute Gasteiger partial charge is 0.248 e. The predicted octanol–water partition coefficient (Wildman–Crippen LogP) is 3.95. The molecule has 2 rings (SSSR count). The Balaban J connectivity index is 1.99. The van der Waals surface area contributed by atoms with E-state index >= 15 is 0 Å². The molecule has 0 aromatic heterocycles. The average Bonchev–Trinajstić information content (AvgIpc) is 2.61. The molecule has 0 radical (unpaired) electrons. The lowest BCUT2D eigenvalue weighted by molar-refractivity contribution is 0.00556. The van der Waals surface area contributed by atoms with Crippen molar-refractivity contribution in [1.82, 2.24) is 0 Å². The van der Waals surface area contributed by atoms with Crippen LogP contribution < -0.4 is 5.32 Å². The van der Waals surface area contributed by atoms with Crippen molar-refractivity contribution in [1.29, 1.82) is 0 Å². The van der Waals surface area contributed by atoms with Crippen LogP contribution in [0.3, 0.4) is 0 Å². The summed E-state index contributed by atoms with van der Waals surface area (Å²) in [6.45, 7) is 0.0788. The second-order valence-corrected chi connectivity index (χ2v) is 4.59. The first-order chi connectivity index (χ1) is 8.37. The van der Waals surface area contributed by atoms with Crippen LogP contribution in [0.2, 0.25) is 0 Å². The highest BCUT2D eigenvalue weighted by atomic mass is 19.3. The summed E-state index contributed by atoms with van der Waals surface area (Å²) < 4.78 is 64.8. The Bertz CT molecular complexity index is 446. The van der Waals surface area contributed by atoms with Crippen LogP contribution in [0.15, 0.2) is 12.1 Å². The first-order valence-electron chi connectivity index (χ1n) is 5.64. The van der Waals surface area contributed by atoms with Gasteiger partial charge >= 0.3 is 0 Å². The minimum atomic E-state index is -2.68. The number of halogens is 5. The Morgan fingerprint density at radius 1 is 1.22 bits per heavy atom. The molecule has 1 aromatic rings. The normalized spacial score (nSPS) is 22.2. The molecular formula is C12H12F5N. The highest BCUT2D eigenvalue weighted by Gasteiger charge is 2.39. The topological polar surface area (TPSA) is 12.0 Å². The number of hydrogen-bond acceptors (Lipinski definition) is 1. The molecule has 1 nitrogen and oxygen atoms in total. The number of rotatable bonds is 3. The van der Waals surface area contributed by atoms with Gasteiger partial charge in [-0.3, -0.25) is 0 Å². The molecule has 100 valence electrons. The highest BCUT2D eigenvalue weighted by molar-refractivity contribution is 5.45. The molecule has 0 saturated heterocycles. The summed E-state index contributed by atoms with van der Waals surface area (Å²) >= 11 is 0. The fourth-order valence-electron chi connectivity index (χ4n) is 2.15. The van der Waals surface area contributed by atoms with Crippen molar-refractivity contribution in [3.8, 4) is 0 Å². The van der Waals surface area contributed by atoms with E-state index < -0.39 is 23.4 Å². The minimum absolute atomic E-state index is 0.0788. The molecule has 1 aromatic carbocycles. The lowest BCUT2D eigenvalue weighted by atomic mass is 10.1. The van der Waals surface area contributed by atoms with Gasteiger partial charge in [0.2, 0.25) is 5.92 Å². The molecule has 1 atom stereocenters. The fraction of sp³-hybridized carbons (Fsp3) is 0.500. The average molecular weight is 265 g/mol. The van der Waals surface area contributed by atoms with Crippen molar-refractivity contribution in [2.75, 3.05) is 11.9 Å². The zero-order valence-corrected chi connectivity index (χ0v) is 9.45. The Morgan fingerprint density at radius 2 is 1.94 bits per heavy atom. The number of nitrogens with one attached hydrogen (secondary N) is 1. The van der Waals surface area contributed by atoms with Crippen LogP contribution in [0.4, 0.5) is 27.6 Å². The summed E-state index contributed by atoms with van der Waals surface area (Å²) in [6, 6.07) is 1.25. The molecule has 1 N–H and O–H groups in total. The summed E-state index contributed by atoms with van der Waals surface area (Å²) in [6.07, 6.45) is -0.155. The number of benzene rings is 1. The van der Waals surface area contributed by atoms with E-state index in [4.69, 9.17) is 0 Å². The van der Waals surface area contributed by atoms with Crippen LogP contribution in [-0.4, -0.2) is 12.5 Å². The summed E-state index contributed by atoms with van der Waals surface area (Å²) in [5.41, 5.74) is -0.331. The van der Waals surface area contributed by atoms with E-state index in [9.17, 15) is 22.0 Å².